The first-order chi connectivity index (χ1) is 16.0. The van der Waals surface area contributed by atoms with E-state index in [9.17, 15) is 14.4 Å². The topological polar surface area (TPSA) is 115 Å². The molecule has 0 aliphatic heterocycles. The van der Waals surface area contributed by atoms with Crippen LogP contribution in [0.25, 0.3) is 0 Å². The zero-order chi connectivity index (χ0) is 23.8. The molecule has 3 aromatic rings. The molecule has 0 aromatic heterocycles. The number of methoxy groups -OCH3 is 3. The van der Waals surface area contributed by atoms with Crippen molar-refractivity contribution in [3.63, 3.8) is 0 Å². The van der Waals surface area contributed by atoms with Gasteiger partial charge in [-0.05, 0) is 42.5 Å². The third kappa shape index (κ3) is 5.59. The standard InChI is InChI=1S/C24H23N3O6/c1-31-19-13-17(14-20(32-2)21(19)33-3)22(28)25-18-11-7-10-16(12-18)24(30)27-26-23(29)15-8-5-4-6-9-15/h4-14H,1-3H3,(H,25,28)(H,26,29)(H,27,30). The number of amides is 3. The van der Waals surface area contributed by atoms with E-state index >= 15 is 0 Å². The van der Waals surface area contributed by atoms with Crippen LogP contribution in [-0.4, -0.2) is 39.1 Å². The average molecular weight is 449 g/mol. The Morgan fingerprint density at radius 3 is 1.76 bits per heavy atom. The van der Waals surface area contributed by atoms with Crippen molar-refractivity contribution in [2.45, 2.75) is 0 Å². The normalized spacial score (nSPS) is 10.0. The Morgan fingerprint density at radius 1 is 0.606 bits per heavy atom. The highest BCUT2D eigenvalue weighted by molar-refractivity contribution is 6.06. The van der Waals surface area contributed by atoms with Crippen molar-refractivity contribution in [3.05, 3.63) is 83.4 Å². The van der Waals surface area contributed by atoms with E-state index in [-0.39, 0.29) is 11.1 Å². The Balaban J connectivity index is 1.70. The molecule has 0 spiro atoms. The summed E-state index contributed by atoms with van der Waals surface area (Å²) < 4.78 is 15.8. The van der Waals surface area contributed by atoms with Crippen molar-refractivity contribution in [2.24, 2.45) is 0 Å². The highest BCUT2D eigenvalue weighted by Gasteiger charge is 2.17. The van der Waals surface area contributed by atoms with Gasteiger partial charge in [-0.2, -0.15) is 0 Å². The molecular formula is C24H23N3O6. The smallest absolute Gasteiger partial charge is 0.269 e. The number of rotatable bonds is 7. The fourth-order valence-corrected chi connectivity index (χ4v) is 3.00. The number of hydrogen-bond acceptors (Lipinski definition) is 6. The van der Waals surface area contributed by atoms with E-state index < -0.39 is 17.7 Å². The Hall–Kier alpha value is -4.53. The summed E-state index contributed by atoms with van der Waals surface area (Å²) in [6, 6.07) is 17.8. The van der Waals surface area contributed by atoms with Gasteiger partial charge in [-0.3, -0.25) is 25.2 Å². The highest BCUT2D eigenvalue weighted by atomic mass is 16.5. The summed E-state index contributed by atoms with van der Waals surface area (Å²) in [5, 5.41) is 2.73. The molecule has 9 nitrogen and oxygen atoms in total. The number of hydrogen-bond donors (Lipinski definition) is 3. The van der Waals surface area contributed by atoms with Crippen LogP contribution < -0.4 is 30.4 Å². The first kappa shape index (κ1) is 23.1. The molecule has 9 heteroatoms. The molecule has 170 valence electrons. The van der Waals surface area contributed by atoms with Crippen molar-refractivity contribution in [1.29, 1.82) is 0 Å². The second kappa shape index (κ2) is 10.7. The summed E-state index contributed by atoms with van der Waals surface area (Å²) in [7, 11) is 4.38. The van der Waals surface area contributed by atoms with Crippen molar-refractivity contribution in [1.82, 2.24) is 10.9 Å². The van der Waals surface area contributed by atoms with Crippen LogP contribution in [0.15, 0.2) is 66.7 Å². The Kier molecular flexibility index (Phi) is 7.48. The van der Waals surface area contributed by atoms with E-state index in [2.05, 4.69) is 16.2 Å². The minimum Gasteiger partial charge on any atom is -0.493 e. The lowest BCUT2D eigenvalue weighted by Crippen LogP contribution is -2.41. The summed E-state index contributed by atoms with van der Waals surface area (Å²) in [6.45, 7) is 0. The van der Waals surface area contributed by atoms with Crippen molar-refractivity contribution in [3.8, 4) is 17.2 Å². The molecule has 0 fully saturated rings. The Bertz CT molecular complexity index is 1140. The van der Waals surface area contributed by atoms with Crippen LogP contribution in [0.5, 0.6) is 17.2 Å². The summed E-state index contributed by atoms with van der Waals surface area (Å²) in [6.07, 6.45) is 0. The number of benzene rings is 3. The summed E-state index contributed by atoms with van der Waals surface area (Å²) in [4.78, 5) is 37.3. The number of ether oxygens (including phenoxy) is 3. The third-order valence-electron chi connectivity index (χ3n) is 4.64. The molecule has 0 saturated carbocycles. The minimum atomic E-state index is -0.539. The van der Waals surface area contributed by atoms with Gasteiger partial charge in [0.05, 0.1) is 21.3 Å². The molecule has 3 rings (SSSR count). The van der Waals surface area contributed by atoms with Crippen LogP contribution in [0.3, 0.4) is 0 Å². The fraction of sp³-hybridized carbons (Fsp3) is 0.125. The van der Waals surface area contributed by atoms with E-state index in [0.717, 1.165) is 0 Å². The molecule has 0 saturated heterocycles. The van der Waals surface area contributed by atoms with Crippen LogP contribution in [0, 0.1) is 0 Å². The van der Waals surface area contributed by atoms with Gasteiger partial charge < -0.3 is 19.5 Å². The molecule has 0 heterocycles. The van der Waals surface area contributed by atoms with Crippen LogP contribution in [-0.2, 0) is 0 Å². The zero-order valence-electron chi connectivity index (χ0n) is 18.3. The monoisotopic (exact) mass is 449 g/mol. The molecule has 0 radical (unpaired) electrons. The minimum absolute atomic E-state index is 0.242. The fourth-order valence-electron chi connectivity index (χ4n) is 3.00. The average Bonchev–Trinajstić information content (AvgIpc) is 2.86. The molecule has 33 heavy (non-hydrogen) atoms. The number of carbonyl (C=O) groups excluding carboxylic acids is 3. The lowest BCUT2D eigenvalue weighted by Gasteiger charge is -2.14. The number of hydrazine groups is 1. The van der Waals surface area contributed by atoms with Gasteiger partial charge in [0.1, 0.15) is 0 Å². The molecule has 0 unspecified atom stereocenters. The van der Waals surface area contributed by atoms with E-state index in [4.69, 9.17) is 14.2 Å². The maximum Gasteiger partial charge on any atom is 0.269 e. The molecule has 0 aliphatic carbocycles. The first-order valence-electron chi connectivity index (χ1n) is 9.84. The van der Waals surface area contributed by atoms with Crippen molar-refractivity contribution >= 4 is 23.4 Å². The molecular weight excluding hydrogens is 426 g/mol. The quantitative estimate of drug-likeness (QED) is 0.478. The predicted octanol–water partition coefficient (Wildman–Crippen LogP) is 3.04. The lowest BCUT2D eigenvalue weighted by molar-refractivity contribution is 0.0846. The van der Waals surface area contributed by atoms with Gasteiger partial charge in [-0.15, -0.1) is 0 Å². The highest BCUT2D eigenvalue weighted by Crippen LogP contribution is 2.38. The van der Waals surface area contributed by atoms with Gasteiger partial charge in [0.25, 0.3) is 17.7 Å². The largest absolute Gasteiger partial charge is 0.493 e. The number of carbonyl (C=O) groups is 3. The predicted molar refractivity (Wildman–Crippen MR) is 122 cm³/mol. The molecule has 3 amide bonds. The van der Waals surface area contributed by atoms with Gasteiger partial charge in [-0.25, -0.2) is 0 Å². The van der Waals surface area contributed by atoms with E-state index in [1.54, 1.807) is 48.5 Å². The number of nitrogens with one attached hydrogen (secondary N) is 3. The molecule has 0 atom stereocenters. The zero-order valence-corrected chi connectivity index (χ0v) is 18.3. The summed E-state index contributed by atoms with van der Waals surface area (Å²) in [5.41, 5.74) is 6.01. The Labute approximate surface area is 190 Å². The van der Waals surface area contributed by atoms with Gasteiger partial charge in [0, 0.05) is 22.4 Å². The third-order valence-corrected chi connectivity index (χ3v) is 4.64. The molecule has 0 aliphatic rings. The Morgan fingerprint density at radius 2 is 1.18 bits per heavy atom. The van der Waals surface area contributed by atoms with Crippen LogP contribution in [0.4, 0.5) is 5.69 Å². The van der Waals surface area contributed by atoms with E-state index in [1.165, 1.54) is 39.5 Å². The van der Waals surface area contributed by atoms with Gasteiger partial charge in [-0.1, -0.05) is 24.3 Å². The van der Waals surface area contributed by atoms with Crippen LogP contribution in [0.1, 0.15) is 31.1 Å². The SMILES string of the molecule is COc1cc(C(=O)Nc2cccc(C(=O)NNC(=O)c3ccccc3)c2)cc(OC)c1OC. The van der Waals surface area contributed by atoms with E-state index in [1.807, 2.05) is 0 Å². The molecule has 0 bridgehead atoms. The number of anilines is 1. The van der Waals surface area contributed by atoms with Crippen LogP contribution in [0.2, 0.25) is 0 Å². The maximum absolute atomic E-state index is 12.8. The maximum atomic E-state index is 12.8. The van der Waals surface area contributed by atoms with Crippen molar-refractivity contribution in [2.75, 3.05) is 26.6 Å². The summed E-state index contributed by atoms with van der Waals surface area (Å²) in [5.74, 6) is -0.385. The van der Waals surface area contributed by atoms with Gasteiger partial charge in [0.2, 0.25) is 5.75 Å². The summed E-state index contributed by atoms with van der Waals surface area (Å²) >= 11 is 0. The lowest BCUT2D eigenvalue weighted by atomic mass is 10.1. The second-order valence-electron chi connectivity index (χ2n) is 6.72. The first-order valence-corrected chi connectivity index (χ1v) is 9.84. The molecule has 3 N–H and O–H groups in total. The van der Waals surface area contributed by atoms with Crippen LogP contribution >= 0.6 is 0 Å². The van der Waals surface area contributed by atoms with Gasteiger partial charge >= 0.3 is 0 Å². The van der Waals surface area contributed by atoms with E-state index in [0.29, 0.717) is 28.5 Å². The second-order valence-corrected chi connectivity index (χ2v) is 6.72. The van der Waals surface area contributed by atoms with Gasteiger partial charge in [0.15, 0.2) is 11.5 Å². The molecule has 3 aromatic carbocycles. The van der Waals surface area contributed by atoms with Crippen molar-refractivity contribution < 1.29 is 28.6 Å².